The minimum absolute atomic E-state index is 0.240. The van der Waals surface area contributed by atoms with Crippen molar-refractivity contribution in [1.29, 1.82) is 0 Å². The molecule has 0 radical (unpaired) electrons. The molecular weight excluding hydrogens is 260 g/mol. The summed E-state index contributed by atoms with van der Waals surface area (Å²) in [6, 6.07) is 0. The van der Waals surface area contributed by atoms with Crippen molar-refractivity contribution in [2.75, 3.05) is 13.1 Å². The zero-order valence-electron chi connectivity index (χ0n) is 14.3. The van der Waals surface area contributed by atoms with Gasteiger partial charge in [0.25, 0.3) is 0 Å². The Labute approximate surface area is 131 Å². The summed E-state index contributed by atoms with van der Waals surface area (Å²) in [5, 5.41) is 10.1. The lowest BCUT2D eigenvalue weighted by molar-refractivity contribution is -0.976. The molecule has 0 amide bonds. The fourth-order valence-corrected chi connectivity index (χ4v) is 3.26. The van der Waals surface area contributed by atoms with E-state index in [2.05, 4.69) is 31.0 Å². The van der Waals surface area contributed by atoms with Crippen LogP contribution in [0.25, 0.3) is 0 Å². The van der Waals surface area contributed by atoms with Crippen LogP contribution in [0.5, 0.6) is 0 Å². The highest BCUT2D eigenvalue weighted by molar-refractivity contribution is 5.60. The highest BCUT2D eigenvalue weighted by atomic mass is 16.3. The van der Waals surface area contributed by atoms with Crippen LogP contribution in [0, 0.1) is 0 Å². The zero-order chi connectivity index (χ0) is 15.6. The molecule has 0 saturated carbocycles. The number of aliphatic hydroxyl groups is 1. The summed E-state index contributed by atoms with van der Waals surface area (Å²) < 4.78 is 0.713. The molecule has 3 nitrogen and oxygen atoms in total. The van der Waals surface area contributed by atoms with Crippen molar-refractivity contribution in [3.63, 3.8) is 0 Å². The second-order valence-electron chi connectivity index (χ2n) is 6.30. The molecule has 1 heterocycles. The summed E-state index contributed by atoms with van der Waals surface area (Å²) in [6.07, 6.45) is 16.6. The first-order valence-electron chi connectivity index (χ1n) is 8.88. The molecule has 1 N–H and O–H groups in total. The van der Waals surface area contributed by atoms with Gasteiger partial charge in [0, 0.05) is 13.3 Å². The summed E-state index contributed by atoms with van der Waals surface area (Å²) in [5.74, 6) is 0. The molecule has 21 heavy (non-hydrogen) atoms. The number of aliphatic hydroxyl groups excluding tert-OH is 1. The highest BCUT2D eigenvalue weighted by Gasteiger charge is 2.41. The average Bonchev–Trinajstić information content (AvgIpc) is 2.89. The van der Waals surface area contributed by atoms with Gasteiger partial charge in [-0.3, -0.25) is 4.48 Å². The molecule has 1 aliphatic rings. The van der Waals surface area contributed by atoms with E-state index in [1.165, 1.54) is 38.5 Å². The number of hydrogen-bond acceptors (Lipinski definition) is 2. The SMILES string of the molecule is CCCCCCC/C=C/CCC1N=CC[N+]1(CC)C(C)O. The fourth-order valence-electron chi connectivity index (χ4n) is 3.26. The van der Waals surface area contributed by atoms with Crippen molar-refractivity contribution in [2.24, 2.45) is 4.99 Å². The van der Waals surface area contributed by atoms with Gasteiger partial charge in [0.05, 0.1) is 12.8 Å². The van der Waals surface area contributed by atoms with Gasteiger partial charge in [-0.1, -0.05) is 44.8 Å². The first-order valence-corrected chi connectivity index (χ1v) is 8.88. The predicted molar refractivity (Wildman–Crippen MR) is 91.4 cm³/mol. The van der Waals surface area contributed by atoms with Crippen LogP contribution in [-0.2, 0) is 0 Å². The van der Waals surface area contributed by atoms with Crippen LogP contribution in [0.2, 0.25) is 0 Å². The third-order valence-electron chi connectivity index (χ3n) is 4.86. The zero-order valence-corrected chi connectivity index (χ0v) is 14.3. The van der Waals surface area contributed by atoms with Crippen LogP contribution in [0.1, 0.15) is 72.1 Å². The quantitative estimate of drug-likeness (QED) is 0.345. The molecule has 0 aliphatic carbocycles. The lowest BCUT2D eigenvalue weighted by Gasteiger charge is -2.40. The normalized spacial score (nSPS) is 26.8. The highest BCUT2D eigenvalue weighted by Crippen LogP contribution is 2.26. The van der Waals surface area contributed by atoms with Crippen molar-refractivity contribution in [2.45, 2.75) is 84.5 Å². The van der Waals surface area contributed by atoms with Gasteiger partial charge >= 0.3 is 0 Å². The first kappa shape index (κ1) is 18.4. The van der Waals surface area contributed by atoms with Crippen LogP contribution in [-0.4, -0.2) is 41.3 Å². The molecule has 0 saturated heterocycles. The second kappa shape index (κ2) is 10.1. The average molecular weight is 295 g/mol. The number of aliphatic imine (C=N–C) groups is 1. The lowest BCUT2D eigenvalue weighted by atomic mass is 10.1. The number of allylic oxidation sites excluding steroid dienone is 2. The number of hydrogen-bond donors (Lipinski definition) is 1. The van der Waals surface area contributed by atoms with E-state index >= 15 is 0 Å². The van der Waals surface area contributed by atoms with E-state index in [1.807, 2.05) is 13.1 Å². The van der Waals surface area contributed by atoms with Gasteiger partial charge in [-0.05, 0) is 26.2 Å². The molecule has 1 rings (SSSR count). The van der Waals surface area contributed by atoms with Crippen molar-refractivity contribution in [3.05, 3.63) is 12.2 Å². The third-order valence-corrected chi connectivity index (χ3v) is 4.86. The van der Waals surface area contributed by atoms with E-state index in [0.29, 0.717) is 4.48 Å². The van der Waals surface area contributed by atoms with Crippen LogP contribution in [0.4, 0.5) is 0 Å². The molecule has 0 bridgehead atoms. The topological polar surface area (TPSA) is 32.6 Å². The molecule has 0 aromatic heterocycles. The maximum absolute atomic E-state index is 10.1. The molecule has 0 spiro atoms. The number of nitrogens with zero attached hydrogens (tertiary/aromatic N) is 2. The molecule has 3 heteroatoms. The summed E-state index contributed by atoms with van der Waals surface area (Å²) in [4.78, 5) is 4.60. The lowest BCUT2D eigenvalue weighted by Crippen LogP contribution is -2.57. The van der Waals surface area contributed by atoms with E-state index in [4.69, 9.17) is 0 Å². The van der Waals surface area contributed by atoms with E-state index in [0.717, 1.165) is 25.9 Å². The Morgan fingerprint density at radius 1 is 1.19 bits per heavy atom. The van der Waals surface area contributed by atoms with Crippen LogP contribution < -0.4 is 0 Å². The molecule has 0 aromatic rings. The molecule has 3 atom stereocenters. The van der Waals surface area contributed by atoms with Crippen LogP contribution >= 0.6 is 0 Å². The number of quaternary nitrogens is 1. The number of rotatable bonds is 11. The fraction of sp³-hybridized carbons (Fsp3) is 0.833. The van der Waals surface area contributed by atoms with Gasteiger partial charge in [-0.15, -0.1) is 0 Å². The maximum atomic E-state index is 10.1. The standard InChI is InChI=1S/C18H35N2O/c1-4-6-7-8-9-10-11-12-13-14-18-19-15-16-20(18,5-2)17(3)21/h11-12,15,17-18,21H,4-10,13-14,16H2,1-3H3/q+1/b12-11+. The molecule has 0 aromatic carbocycles. The predicted octanol–water partition coefficient (Wildman–Crippen LogP) is 4.27. The number of unbranched alkanes of at least 4 members (excludes halogenated alkanes) is 5. The van der Waals surface area contributed by atoms with Gasteiger partial charge in [0.1, 0.15) is 6.54 Å². The maximum Gasteiger partial charge on any atom is 0.189 e. The third kappa shape index (κ3) is 5.55. The Morgan fingerprint density at radius 3 is 2.57 bits per heavy atom. The van der Waals surface area contributed by atoms with E-state index < -0.39 is 0 Å². The molecule has 3 unspecified atom stereocenters. The Hall–Kier alpha value is -0.670. The van der Waals surface area contributed by atoms with Crippen molar-refractivity contribution in [3.8, 4) is 0 Å². The molecular formula is C18H35N2O+. The molecule has 1 aliphatic heterocycles. The first-order chi connectivity index (χ1) is 10.2. The van der Waals surface area contributed by atoms with Gasteiger partial charge in [0.15, 0.2) is 12.4 Å². The summed E-state index contributed by atoms with van der Waals surface area (Å²) in [6.45, 7) is 8.13. The minimum Gasteiger partial charge on any atom is -0.345 e. The minimum atomic E-state index is -0.329. The van der Waals surface area contributed by atoms with E-state index in [1.54, 1.807) is 0 Å². The largest absolute Gasteiger partial charge is 0.345 e. The van der Waals surface area contributed by atoms with Crippen LogP contribution in [0.15, 0.2) is 17.1 Å². The molecule has 122 valence electrons. The van der Waals surface area contributed by atoms with Gasteiger partial charge in [-0.25, -0.2) is 4.99 Å². The molecule has 0 fully saturated rings. The summed E-state index contributed by atoms with van der Waals surface area (Å²) >= 11 is 0. The van der Waals surface area contributed by atoms with Crippen LogP contribution in [0.3, 0.4) is 0 Å². The van der Waals surface area contributed by atoms with Gasteiger partial charge < -0.3 is 5.11 Å². The van der Waals surface area contributed by atoms with Crippen molar-refractivity contribution >= 4 is 6.21 Å². The Morgan fingerprint density at radius 2 is 1.90 bits per heavy atom. The van der Waals surface area contributed by atoms with Gasteiger partial charge in [0.2, 0.25) is 0 Å². The Kier molecular flexibility index (Phi) is 8.86. The van der Waals surface area contributed by atoms with Crippen molar-refractivity contribution < 1.29 is 9.59 Å². The van der Waals surface area contributed by atoms with Crippen molar-refractivity contribution in [1.82, 2.24) is 0 Å². The smallest absolute Gasteiger partial charge is 0.189 e. The van der Waals surface area contributed by atoms with Gasteiger partial charge in [-0.2, -0.15) is 0 Å². The Balaban J connectivity index is 2.21. The summed E-state index contributed by atoms with van der Waals surface area (Å²) in [5.41, 5.74) is 0. The summed E-state index contributed by atoms with van der Waals surface area (Å²) in [7, 11) is 0. The second-order valence-corrected chi connectivity index (χ2v) is 6.30. The monoisotopic (exact) mass is 295 g/mol. The Bertz CT molecular complexity index is 325. The van der Waals surface area contributed by atoms with E-state index in [9.17, 15) is 5.11 Å². The van der Waals surface area contributed by atoms with E-state index in [-0.39, 0.29) is 12.4 Å².